The van der Waals surface area contributed by atoms with Gasteiger partial charge in [0.25, 0.3) is 12.0 Å². The van der Waals surface area contributed by atoms with Crippen LogP contribution in [0.2, 0.25) is 0 Å². The van der Waals surface area contributed by atoms with Crippen LogP contribution in [0, 0.1) is 0 Å². The zero-order chi connectivity index (χ0) is 31.9. The number of halogens is 4. The number of aliphatic hydroxyl groups excluding tert-OH is 1. The van der Waals surface area contributed by atoms with Crippen LogP contribution < -0.4 is 29.8 Å². The molecular formula is C25H24F4N5O8PS. The topological polar surface area (TPSA) is 165 Å². The number of H-pyrrole nitrogens is 1. The number of nitrogens with one attached hydrogen (secondary N) is 1. The summed E-state index contributed by atoms with van der Waals surface area (Å²) < 4.78 is 93.8. The molecule has 44 heavy (non-hydrogen) atoms. The molecule has 19 heteroatoms. The molecular weight excluding hydrogens is 637 g/mol. The van der Waals surface area contributed by atoms with Gasteiger partial charge in [0.1, 0.15) is 23.0 Å². The molecule has 1 aliphatic rings. The van der Waals surface area contributed by atoms with Gasteiger partial charge in [0.05, 0.1) is 27.2 Å². The molecule has 0 radical (unpaired) electrons. The Kier molecular flexibility index (Phi) is 8.48. The number of aromatic nitrogens is 4. The van der Waals surface area contributed by atoms with Crippen LogP contribution in [-0.4, -0.2) is 69.5 Å². The highest BCUT2D eigenvalue weighted by atomic mass is 32.5. The number of aliphatic hydroxyl groups is 1. The fourth-order valence-corrected chi connectivity index (χ4v) is 6.22. The Morgan fingerprint density at radius 1 is 1.07 bits per heavy atom. The van der Waals surface area contributed by atoms with E-state index in [-0.39, 0.29) is 17.0 Å². The van der Waals surface area contributed by atoms with Crippen LogP contribution in [0.5, 0.6) is 23.0 Å². The van der Waals surface area contributed by atoms with Crippen molar-refractivity contribution < 1.29 is 50.5 Å². The lowest BCUT2D eigenvalue weighted by molar-refractivity contribution is -0.241. The number of anilines is 1. The van der Waals surface area contributed by atoms with Gasteiger partial charge in [-0.1, -0.05) is 0 Å². The summed E-state index contributed by atoms with van der Waals surface area (Å²) in [5, 5.41) is 10.6. The number of rotatable bonds is 11. The summed E-state index contributed by atoms with van der Waals surface area (Å²) in [5.74, 6) is -4.09. The van der Waals surface area contributed by atoms with Gasteiger partial charge in [-0.15, -0.1) is 0 Å². The minimum Gasteiger partial charge on any atom is -0.497 e. The van der Waals surface area contributed by atoms with Gasteiger partial charge in [0, 0.05) is 11.8 Å². The molecule has 2 aromatic carbocycles. The molecule has 4 aromatic rings. The lowest BCUT2D eigenvalue weighted by atomic mass is 9.95. The predicted octanol–water partition coefficient (Wildman–Crippen LogP) is 3.65. The number of fused-ring (bicyclic) bond motifs is 1. The van der Waals surface area contributed by atoms with Gasteiger partial charge in [-0.3, -0.25) is 18.9 Å². The third kappa shape index (κ3) is 5.66. The van der Waals surface area contributed by atoms with E-state index in [1.165, 1.54) is 62.8 Å². The molecule has 5 rings (SSSR count). The predicted molar refractivity (Wildman–Crippen MR) is 150 cm³/mol. The van der Waals surface area contributed by atoms with Crippen LogP contribution in [-0.2, 0) is 21.1 Å². The number of nitrogens with zero attached hydrogens (tertiary/aromatic N) is 3. The van der Waals surface area contributed by atoms with E-state index < -0.39 is 60.8 Å². The van der Waals surface area contributed by atoms with Crippen molar-refractivity contribution in [1.82, 2.24) is 19.5 Å². The molecule has 1 aliphatic heterocycles. The molecule has 0 amide bonds. The van der Waals surface area contributed by atoms with Crippen molar-refractivity contribution in [1.29, 1.82) is 0 Å². The van der Waals surface area contributed by atoms with Crippen molar-refractivity contribution >= 4 is 35.6 Å². The van der Waals surface area contributed by atoms with Crippen molar-refractivity contribution in [3.63, 3.8) is 0 Å². The Hall–Kier alpha value is -3.96. The Bertz CT molecular complexity index is 1690. The molecule has 0 bridgehead atoms. The molecule has 1 unspecified atom stereocenters. The summed E-state index contributed by atoms with van der Waals surface area (Å²) in [7, 11) is 2.86. The first-order valence-corrected chi connectivity index (χ1v) is 15.0. The number of hydrogen-bond acceptors (Lipinski definition) is 12. The van der Waals surface area contributed by atoms with Gasteiger partial charge < -0.3 is 34.1 Å². The van der Waals surface area contributed by atoms with E-state index in [0.717, 1.165) is 6.33 Å². The Morgan fingerprint density at radius 3 is 2.09 bits per heavy atom. The zero-order valence-corrected chi connectivity index (χ0v) is 24.4. The second-order valence-corrected chi connectivity index (χ2v) is 12.2. The standard InChI is InChI=1S/C25H24F4N5O8PS/c1-37-13-3-7-15(8-4-13)41-43(44,42-16-9-5-14(38-2)6-10-16)39-11-24(22(26)27)25(28,29)18(35)21(40-24)34-12-31-17-19(34)32-23(30)33-20(17)36/h3-10,12,18,21-22,35H,11H2,1-2H3,(H3,30,32,33,36)/t18?,21-,24+/m1/s1. The summed E-state index contributed by atoms with van der Waals surface area (Å²) in [6.07, 6.45) is -8.21. The number of benzene rings is 2. The van der Waals surface area contributed by atoms with Crippen LogP contribution in [0.4, 0.5) is 23.5 Å². The molecule has 1 saturated heterocycles. The summed E-state index contributed by atoms with van der Waals surface area (Å²) in [5.41, 5.74) is 0.177. The van der Waals surface area contributed by atoms with Crippen LogP contribution in [0.25, 0.3) is 11.2 Å². The van der Waals surface area contributed by atoms with Gasteiger partial charge in [-0.05, 0) is 48.5 Å². The van der Waals surface area contributed by atoms with E-state index in [0.29, 0.717) is 16.1 Å². The SMILES string of the molecule is COc1ccc(OP(=S)(OC[C@@]2(C(F)F)O[C@@H](n3cnc4c(=O)[nH]c(N)nc43)C(O)C2(F)F)Oc2ccc(OC)cc2)cc1. The molecule has 2 aromatic heterocycles. The second kappa shape index (κ2) is 11.9. The van der Waals surface area contributed by atoms with Crippen molar-refractivity contribution in [2.45, 2.75) is 30.3 Å². The first kappa shape index (κ1) is 31.5. The Labute approximate surface area is 250 Å². The quantitative estimate of drug-likeness (QED) is 0.158. The van der Waals surface area contributed by atoms with Crippen molar-refractivity contribution in [2.24, 2.45) is 0 Å². The monoisotopic (exact) mass is 661 g/mol. The molecule has 0 aliphatic carbocycles. The Balaban J connectivity index is 1.49. The maximum absolute atomic E-state index is 15.7. The van der Waals surface area contributed by atoms with Gasteiger partial charge >= 0.3 is 12.6 Å². The smallest absolute Gasteiger partial charge is 0.435 e. The number of methoxy groups -OCH3 is 2. The average Bonchev–Trinajstić information content (AvgIpc) is 3.49. The molecule has 13 nitrogen and oxygen atoms in total. The molecule has 236 valence electrons. The average molecular weight is 662 g/mol. The van der Waals surface area contributed by atoms with Crippen LogP contribution >= 0.6 is 6.72 Å². The first-order valence-electron chi connectivity index (χ1n) is 12.5. The van der Waals surface area contributed by atoms with Crippen LogP contribution in [0.15, 0.2) is 59.7 Å². The number of hydrogen-bond donors (Lipinski definition) is 3. The number of imidazole rings is 1. The van der Waals surface area contributed by atoms with Crippen molar-refractivity contribution in [3.05, 3.63) is 65.2 Å². The number of aromatic amines is 1. The third-order valence-corrected chi connectivity index (χ3v) is 8.68. The normalized spacial score (nSPS) is 21.5. The second-order valence-electron chi connectivity index (χ2n) is 9.30. The third-order valence-electron chi connectivity index (χ3n) is 6.60. The van der Waals surface area contributed by atoms with Gasteiger partial charge in [0.2, 0.25) is 11.5 Å². The van der Waals surface area contributed by atoms with Gasteiger partial charge in [-0.25, -0.2) is 13.8 Å². The van der Waals surface area contributed by atoms with Crippen LogP contribution in [0.3, 0.4) is 0 Å². The van der Waals surface area contributed by atoms with Crippen molar-refractivity contribution in [2.75, 3.05) is 26.6 Å². The fourth-order valence-electron chi connectivity index (χ4n) is 4.29. The first-order chi connectivity index (χ1) is 20.8. The molecule has 3 heterocycles. The molecule has 4 N–H and O–H groups in total. The van der Waals surface area contributed by atoms with E-state index in [2.05, 4.69) is 15.0 Å². The number of ether oxygens (including phenoxy) is 3. The minimum atomic E-state index is -4.66. The lowest BCUT2D eigenvalue weighted by Gasteiger charge is -2.34. The van der Waals surface area contributed by atoms with Gasteiger partial charge in [-0.2, -0.15) is 13.8 Å². The highest BCUT2D eigenvalue weighted by molar-refractivity contribution is 8.07. The number of nitrogen functional groups attached to an aromatic ring is 1. The van der Waals surface area contributed by atoms with Crippen molar-refractivity contribution in [3.8, 4) is 23.0 Å². The summed E-state index contributed by atoms with van der Waals surface area (Å²) in [6.45, 7) is -5.82. The van der Waals surface area contributed by atoms with E-state index >= 15 is 8.78 Å². The summed E-state index contributed by atoms with van der Waals surface area (Å²) >= 11 is 5.46. The maximum Gasteiger partial charge on any atom is 0.435 e. The minimum absolute atomic E-state index is 0.0459. The number of alkyl halides is 4. The molecule has 3 atom stereocenters. The van der Waals surface area contributed by atoms with E-state index in [4.69, 9.17) is 45.3 Å². The molecule has 0 saturated carbocycles. The Morgan fingerprint density at radius 2 is 1.59 bits per heavy atom. The molecule has 0 spiro atoms. The largest absolute Gasteiger partial charge is 0.497 e. The van der Waals surface area contributed by atoms with E-state index in [1.807, 2.05) is 0 Å². The van der Waals surface area contributed by atoms with E-state index in [1.54, 1.807) is 0 Å². The highest BCUT2D eigenvalue weighted by Gasteiger charge is 2.74. The van der Waals surface area contributed by atoms with Gasteiger partial charge in [0.15, 0.2) is 23.5 Å². The van der Waals surface area contributed by atoms with Crippen LogP contribution in [0.1, 0.15) is 6.23 Å². The lowest BCUT2D eigenvalue weighted by Crippen LogP contribution is -2.57. The highest BCUT2D eigenvalue weighted by Crippen LogP contribution is 2.56. The zero-order valence-electron chi connectivity index (χ0n) is 22.7. The maximum atomic E-state index is 15.7. The van der Waals surface area contributed by atoms with E-state index in [9.17, 15) is 18.7 Å². The summed E-state index contributed by atoms with van der Waals surface area (Å²) in [6, 6.07) is 11.6. The number of nitrogens with two attached hydrogens (primary N) is 1. The molecule has 1 fully saturated rings. The fraction of sp³-hybridized carbons (Fsp3) is 0.320. The summed E-state index contributed by atoms with van der Waals surface area (Å²) in [4.78, 5) is 21.9.